The number of hydrogen-bond donors (Lipinski definition) is 1. The highest BCUT2D eigenvalue weighted by Crippen LogP contribution is 2.38. The average molecular weight is 212 g/mol. The van der Waals surface area contributed by atoms with Gasteiger partial charge in [0.1, 0.15) is 17.2 Å². The minimum absolute atomic E-state index is 0.231. The molecule has 0 spiro atoms. The van der Waals surface area contributed by atoms with Crippen LogP contribution in [-0.2, 0) is 10.3 Å². The molecule has 1 aliphatic heterocycles. The van der Waals surface area contributed by atoms with Crippen molar-refractivity contribution in [3.05, 3.63) is 29.1 Å². The van der Waals surface area contributed by atoms with Gasteiger partial charge >= 0.3 is 0 Å². The third kappa shape index (κ3) is 1.50. The Bertz CT molecular complexity index is 386. The highest BCUT2D eigenvalue weighted by atomic mass is 19.1. The normalized spacial score (nSPS) is 18.4. The number of hydrogen-bond acceptors (Lipinski definition) is 3. The monoisotopic (exact) mass is 212 g/mol. The Labute approximate surface area is 87.4 Å². The van der Waals surface area contributed by atoms with Crippen molar-refractivity contribution in [3.63, 3.8) is 0 Å². The van der Waals surface area contributed by atoms with E-state index in [1.54, 1.807) is 13.0 Å². The lowest BCUT2D eigenvalue weighted by molar-refractivity contribution is -0.185. The SMILES string of the molecule is COc1c(C2(O)COC2)ccc(F)c1C. The number of halogens is 1. The molecule has 1 saturated heterocycles. The molecule has 15 heavy (non-hydrogen) atoms. The molecule has 2 rings (SSSR count). The summed E-state index contributed by atoms with van der Waals surface area (Å²) in [6.07, 6.45) is 0. The number of rotatable bonds is 2. The molecule has 1 aliphatic rings. The lowest BCUT2D eigenvalue weighted by Gasteiger charge is -2.37. The van der Waals surface area contributed by atoms with Crippen molar-refractivity contribution in [2.24, 2.45) is 0 Å². The van der Waals surface area contributed by atoms with Crippen LogP contribution in [0.25, 0.3) is 0 Å². The zero-order valence-electron chi connectivity index (χ0n) is 8.71. The number of aliphatic hydroxyl groups is 1. The third-order valence-electron chi connectivity index (χ3n) is 2.73. The lowest BCUT2D eigenvalue weighted by Crippen LogP contribution is -2.46. The summed E-state index contributed by atoms with van der Waals surface area (Å²) >= 11 is 0. The predicted molar refractivity (Wildman–Crippen MR) is 52.4 cm³/mol. The summed E-state index contributed by atoms with van der Waals surface area (Å²) < 4.78 is 23.3. The molecule has 3 nitrogen and oxygen atoms in total. The Morgan fingerprint density at radius 1 is 1.47 bits per heavy atom. The molecular weight excluding hydrogens is 199 g/mol. The first-order valence-corrected chi connectivity index (χ1v) is 4.72. The molecule has 0 aliphatic carbocycles. The second-order valence-corrected chi connectivity index (χ2v) is 3.78. The molecule has 1 fully saturated rings. The number of benzene rings is 1. The first-order valence-electron chi connectivity index (χ1n) is 4.72. The maximum atomic E-state index is 13.3. The molecule has 0 radical (unpaired) electrons. The highest BCUT2D eigenvalue weighted by molar-refractivity contribution is 5.45. The molecule has 0 aromatic heterocycles. The quantitative estimate of drug-likeness (QED) is 0.804. The summed E-state index contributed by atoms with van der Waals surface area (Å²) in [6.45, 7) is 2.09. The Morgan fingerprint density at radius 3 is 2.60 bits per heavy atom. The van der Waals surface area contributed by atoms with E-state index in [4.69, 9.17) is 9.47 Å². The predicted octanol–water partition coefficient (Wildman–Crippen LogP) is 1.36. The van der Waals surface area contributed by atoms with Gasteiger partial charge in [0.25, 0.3) is 0 Å². The van der Waals surface area contributed by atoms with E-state index in [1.165, 1.54) is 13.2 Å². The van der Waals surface area contributed by atoms with Crippen LogP contribution in [0, 0.1) is 12.7 Å². The maximum absolute atomic E-state index is 13.3. The van der Waals surface area contributed by atoms with Gasteiger partial charge in [-0.25, -0.2) is 4.39 Å². The van der Waals surface area contributed by atoms with E-state index >= 15 is 0 Å². The molecule has 0 atom stereocenters. The first-order chi connectivity index (χ1) is 7.08. The fourth-order valence-electron chi connectivity index (χ4n) is 1.75. The van der Waals surface area contributed by atoms with Gasteiger partial charge in [-0.2, -0.15) is 0 Å². The zero-order valence-corrected chi connectivity index (χ0v) is 8.71. The maximum Gasteiger partial charge on any atom is 0.140 e. The topological polar surface area (TPSA) is 38.7 Å². The number of methoxy groups -OCH3 is 1. The Hall–Kier alpha value is -1.13. The molecular formula is C11H13FO3. The molecule has 0 unspecified atom stereocenters. The van der Waals surface area contributed by atoms with Crippen molar-refractivity contribution in [2.75, 3.05) is 20.3 Å². The first kappa shape index (κ1) is 10.4. The van der Waals surface area contributed by atoms with Crippen molar-refractivity contribution >= 4 is 0 Å². The van der Waals surface area contributed by atoms with Gasteiger partial charge in [0.2, 0.25) is 0 Å². The van der Waals surface area contributed by atoms with Crippen LogP contribution in [0.1, 0.15) is 11.1 Å². The van der Waals surface area contributed by atoms with Gasteiger partial charge in [-0.3, -0.25) is 0 Å². The van der Waals surface area contributed by atoms with E-state index in [1.807, 2.05) is 0 Å². The van der Waals surface area contributed by atoms with Crippen LogP contribution >= 0.6 is 0 Å². The smallest absolute Gasteiger partial charge is 0.140 e. The molecule has 1 N–H and O–H groups in total. The summed E-state index contributed by atoms with van der Waals surface area (Å²) in [4.78, 5) is 0. The van der Waals surface area contributed by atoms with E-state index < -0.39 is 5.60 Å². The van der Waals surface area contributed by atoms with Crippen molar-refractivity contribution in [1.29, 1.82) is 0 Å². The van der Waals surface area contributed by atoms with Crippen molar-refractivity contribution < 1.29 is 19.0 Å². The van der Waals surface area contributed by atoms with Crippen molar-refractivity contribution in [1.82, 2.24) is 0 Å². The molecule has 0 amide bonds. The van der Waals surface area contributed by atoms with Gasteiger partial charge in [-0.05, 0) is 19.1 Å². The minimum Gasteiger partial charge on any atom is -0.496 e. The molecule has 1 aromatic carbocycles. The van der Waals surface area contributed by atoms with Gasteiger partial charge in [0, 0.05) is 11.1 Å². The van der Waals surface area contributed by atoms with E-state index in [0.717, 1.165) is 0 Å². The molecule has 0 saturated carbocycles. The summed E-state index contributed by atoms with van der Waals surface area (Å²) in [5.41, 5.74) is -0.0189. The fourth-order valence-corrected chi connectivity index (χ4v) is 1.75. The molecule has 0 bridgehead atoms. The zero-order chi connectivity index (χ0) is 11.1. The van der Waals surface area contributed by atoms with Crippen LogP contribution < -0.4 is 4.74 Å². The van der Waals surface area contributed by atoms with Gasteiger partial charge in [0.05, 0.1) is 20.3 Å². The average Bonchev–Trinajstić information content (AvgIpc) is 2.18. The Morgan fingerprint density at radius 2 is 2.13 bits per heavy atom. The largest absolute Gasteiger partial charge is 0.496 e. The molecule has 82 valence electrons. The summed E-state index contributed by atoms with van der Waals surface area (Å²) in [7, 11) is 1.47. The molecule has 1 heterocycles. The van der Waals surface area contributed by atoms with E-state index in [9.17, 15) is 9.50 Å². The molecule has 1 aromatic rings. The van der Waals surface area contributed by atoms with Gasteiger partial charge < -0.3 is 14.6 Å². The summed E-state index contributed by atoms with van der Waals surface area (Å²) in [5.74, 6) is 0.0697. The van der Waals surface area contributed by atoms with Crippen LogP contribution in [0.2, 0.25) is 0 Å². The van der Waals surface area contributed by atoms with Crippen LogP contribution in [-0.4, -0.2) is 25.4 Å². The van der Waals surface area contributed by atoms with Gasteiger partial charge in [0.15, 0.2) is 0 Å². The van der Waals surface area contributed by atoms with E-state index in [2.05, 4.69) is 0 Å². The summed E-state index contributed by atoms with van der Waals surface area (Å²) in [6, 6.07) is 2.88. The second-order valence-electron chi connectivity index (χ2n) is 3.78. The lowest BCUT2D eigenvalue weighted by atomic mass is 9.90. The third-order valence-corrected chi connectivity index (χ3v) is 2.73. The van der Waals surface area contributed by atoms with Crippen LogP contribution in [0.5, 0.6) is 5.75 Å². The standard InChI is InChI=1S/C11H13FO3/c1-7-9(12)4-3-8(10(7)14-2)11(13)5-15-6-11/h3-4,13H,5-6H2,1-2H3. The molecule has 4 heteroatoms. The van der Waals surface area contributed by atoms with Crippen LogP contribution in [0.4, 0.5) is 4.39 Å². The summed E-state index contributed by atoms with van der Waals surface area (Å²) in [5, 5.41) is 10.1. The highest BCUT2D eigenvalue weighted by Gasteiger charge is 2.40. The number of ether oxygens (including phenoxy) is 2. The van der Waals surface area contributed by atoms with Gasteiger partial charge in [-0.1, -0.05) is 0 Å². The van der Waals surface area contributed by atoms with Gasteiger partial charge in [-0.15, -0.1) is 0 Å². The van der Waals surface area contributed by atoms with E-state index in [-0.39, 0.29) is 19.0 Å². The minimum atomic E-state index is -1.02. The van der Waals surface area contributed by atoms with Crippen LogP contribution in [0.15, 0.2) is 12.1 Å². The van der Waals surface area contributed by atoms with Crippen molar-refractivity contribution in [2.45, 2.75) is 12.5 Å². The van der Waals surface area contributed by atoms with Crippen LogP contribution in [0.3, 0.4) is 0 Å². The van der Waals surface area contributed by atoms with Crippen molar-refractivity contribution in [3.8, 4) is 5.75 Å². The van der Waals surface area contributed by atoms with E-state index in [0.29, 0.717) is 16.9 Å². The second kappa shape index (κ2) is 3.47. The Kier molecular flexibility index (Phi) is 2.40. The Balaban J connectivity index is 2.52. The fraction of sp³-hybridized carbons (Fsp3) is 0.455.